The Bertz CT molecular complexity index is 715. The van der Waals surface area contributed by atoms with Crippen molar-refractivity contribution in [3.05, 3.63) is 41.8 Å². The van der Waals surface area contributed by atoms with Gasteiger partial charge in [0, 0.05) is 19.1 Å². The summed E-state index contributed by atoms with van der Waals surface area (Å²) >= 11 is 0. The molecule has 1 saturated heterocycles. The first-order valence-electron chi connectivity index (χ1n) is 8.22. The van der Waals surface area contributed by atoms with Crippen LogP contribution in [0.2, 0.25) is 0 Å². The number of carbonyl (C=O) groups is 1. The summed E-state index contributed by atoms with van der Waals surface area (Å²) in [6, 6.07) is 5.94. The van der Waals surface area contributed by atoms with Crippen LogP contribution in [-0.2, 0) is 16.1 Å². The average molecular weight is 349 g/mol. The number of ether oxygens (including phenoxy) is 2. The van der Waals surface area contributed by atoms with E-state index >= 15 is 0 Å². The van der Waals surface area contributed by atoms with Crippen molar-refractivity contribution >= 4 is 5.91 Å². The van der Waals surface area contributed by atoms with Crippen molar-refractivity contribution in [2.75, 3.05) is 13.2 Å². The molecular weight excluding hydrogens is 329 g/mol. The molecule has 1 unspecified atom stereocenters. The third-order valence-corrected chi connectivity index (χ3v) is 3.99. The van der Waals surface area contributed by atoms with E-state index in [0.717, 1.165) is 12.8 Å². The predicted octanol–water partition coefficient (Wildman–Crippen LogP) is 2.19. The summed E-state index contributed by atoms with van der Waals surface area (Å²) in [5.41, 5.74) is 0. The second-order valence-electron chi connectivity index (χ2n) is 5.84. The first-order chi connectivity index (χ1) is 12.1. The van der Waals surface area contributed by atoms with Gasteiger partial charge in [-0.25, -0.2) is 4.39 Å². The van der Waals surface area contributed by atoms with Crippen LogP contribution in [0, 0.1) is 5.82 Å². The monoisotopic (exact) mass is 349 g/mol. The molecule has 2 aromatic rings. The Morgan fingerprint density at radius 3 is 2.92 bits per heavy atom. The molecule has 0 spiro atoms. The summed E-state index contributed by atoms with van der Waals surface area (Å²) in [7, 11) is 0. The van der Waals surface area contributed by atoms with E-state index in [0.29, 0.717) is 24.9 Å². The van der Waals surface area contributed by atoms with Crippen molar-refractivity contribution in [1.29, 1.82) is 0 Å². The zero-order valence-electron chi connectivity index (χ0n) is 13.9. The number of aromatic nitrogens is 2. The van der Waals surface area contributed by atoms with Gasteiger partial charge in [0.15, 0.2) is 23.5 Å². The van der Waals surface area contributed by atoms with Crippen LogP contribution in [0.3, 0.4) is 0 Å². The maximum Gasteiger partial charge on any atom is 0.261 e. The van der Waals surface area contributed by atoms with Crippen molar-refractivity contribution in [2.45, 2.75) is 38.3 Å². The lowest BCUT2D eigenvalue weighted by Crippen LogP contribution is -2.36. The maximum absolute atomic E-state index is 13.5. The third-order valence-electron chi connectivity index (χ3n) is 3.99. The molecule has 1 aliphatic rings. The number of nitrogens with zero attached hydrogens (tertiary/aromatic N) is 2. The van der Waals surface area contributed by atoms with Gasteiger partial charge in [0.1, 0.15) is 0 Å². The molecule has 1 atom stereocenters. The molecule has 0 radical (unpaired) electrons. The second-order valence-corrected chi connectivity index (χ2v) is 5.84. The van der Waals surface area contributed by atoms with E-state index in [1.165, 1.54) is 12.1 Å². The van der Waals surface area contributed by atoms with Gasteiger partial charge in [0.05, 0.1) is 6.54 Å². The summed E-state index contributed by atoms with van der Waals surface area (Å²) in [5, 5.41) is 6.62. The number of para-hydroxylation sites is 1. The van der Waals surface area contributed by atoms with Gasteiger partial charge >= 0.3 is 0 Å². The lowest BCUT2D eigenvalue weighted by molar-refractivity contribution is -0.127. The van der Waals surface area contributed by atoms with E-state index < -0.39 is 17.8 Å². The number of amides is 1. The quantitative estimate of drug-likeness (QED) is 0.860. The molecule has 7 nitrogen and oxygen atoms in total. The van der Waals surface area contributed by atoms with Crippen molar-refractivity contribution in [2.24, 2.45) is 0 Å². The van der Waals surface area contributed by atoms with Gasteiger partial charge in [-0.05, 0) is 31.9 Å². The molecule has 0 bridgehead atoms. The lowest BCUT2D eigenvalue weighted by atomic mass is 10.00. The van der Waals surface area contributed by atoms with E-state index in [1.54, 1.807) is 19.1 Å². The highest BCUT2D eigenvalue weighted by molar-refractivity contribution is 5.80. The topological polar surface area (TPSA) is 86.5 Å². The van der Waals surface area contributed by atoms with E-state index in [9.17, 15) is 9.18 Å². The van der Waals surface area contributed by atoms with Crippen LogP contribution < -0.4 is 10.1 Å². The minimum absolute atomic E-state index is 0.0322. The van der Waals surface area contributed by atoms with Crippen molar-refractivity contribution in [3.8, 4) is 5.75 Å². The summed E-state index contributed by atoms with van der Waals surface area (Å²) in [4.78, 5) is 16.4. The van der Waals surface area contributed by atoms with Crippen molar-refractivity contribution < 1.29 is 23.2 Å². The summed E-state index contributed by atoms with van der Waals surface area (Å²) in [6.45, 7) is 3.02. The van der Waals surface area contributed by atoms with Crippen molar-refractivity contribution in [1.82, 2.24) is 15.5 Å². The SMILES string of the molecule is CC(Oc1ccccc1F)C(=O)NCc1nc(C2CCOCC2)no1. The Balaban J connectivity index is 1.50. The number of rotatable bonds is 6. The second kappa shape index (κ2) is 8.06. The third kappa shape index (κ3) is 4.54. The van der Waals surface area contributed by atoms with Crippen LogP contribution >= 0.6 is 0 Å². The van der Waals surface area contributed by atoms with Crippen molar-refractivity contribution in [3.63, 3.8) is 0 Å². The average Bonchev–Trinajstić information content (AvgIpc) is 3.11. The molecule has 1 aromatic carbocycles. The fourth-order valence-corrected chi connectivity index (χ4v) is 2.55. The molecule has 1 fully saturated rings. The number of hydrogen-bond donors (Lipinski definition) is 1. The molecule has 8 heteroatoms. The van der Waals surface area contributed by atoms with Crippen LogP contribution in [0.1, 0.15) is 37.4 Å². The van der Waals surface area contributed by atoms with E-state index in [1.807, 2.05) is 0 Å². The van der Waals surface area contributed by atoms with Crippen LogP contribution in [0.5, 0.6) is 5.75 Å². The van der Waals surface area contributed by atoms with Gasteiger partial charge in [0.2, 0.25) is 5.89 Å². The van der Waals surface area contributed by atoms with E-state index in [2.05, 4.69) is 15.5 Å². The van der Waals surface area contributed by atoms with Crippen LogP contribution in [0.15, 0.2) is 28.8 Å². The van der Waals surface area contributed by atoms with E-state index in [4.69, 9.17) is 14.0 Å². The molecular formula is C17H20FN3O4. The fraction of sp³-hybridized carbons (Fsp3) is 0.471. The smallest absolute Gasteiger partial charge is 0.261 e. The fourth-order valence-electron chi connectivity index (χ4n) is 2.55. The van der Waals surface area contributed by atoms with Gasteiger partial charge in [-0.3, -0.25) is 4.79 Å². The standard InChI is InChI=1S/C17H20FN3O4/c1-11(24-14-5-3-2-4-13(14)18)17(22)19-10-15-20-16(21-25-15)12-6-8-23-9-7-12/h2-5,11-12H,6-10H2,1H3,(H,19,22). The molecule has 25 heavy (non-hydrogen) atoms. The summed E-state index contributed by atoms with van der Waals surface area (Å²) in [6.07, 6.45) is 0.868. The Labute approximate surface area is 144 Å². The molecule has 1 amide bonds. The minimum atomic E-state index is -0.852. The number of nitrogens with one attached hydrogen (secondary N) is 1. The Kier molecular flexibility index (Phi) is 5.60. The Morgan fingerprint density at radius 2 is 2.16 bits per heavy atom. The first-order valence-corrected chi connectivity index (χ1v) is 8.22. The number of benzene rings is 1. The molecule has 0 aliphatic carbocycles. The Hall–Kier alpha value is -2.48. The molecule has 2 heterocycles. The minimum Gasteiger partial charge on any atom is -0.478 e. The molecule has 134 valence electrons. The maximum atomic E-state index is 13.5. The predicted molar refractivity (Wildman–Crippen MR) is 85.4 cm³/mol. The molecule has 3 rings (SSSR count). The summed E-state index contributed by atoms with van der Waals surface area (Å²) in [5.74, 6) is 0.320. The zero-order valence-corrected chi connectivity index (χ0v) is 13.9. The highest BCUT2D eigenvalue weighted by Gasteiger charge is 2.22. The van der Waals surface area contributed by atoms with Gasteiger partial charge in [-0.15, -0.1) is 0 Å². The number of halogens is 1. The lowest BCUT2D eigenvalue weighted by Gasteiger charge is -2.18. The van der Waals surface area contributed by atoms with Gasteiger partial charge in [-0.2, -0.15) is 4.98 Å². The largest absolute Gasteiger partial charge is 0.478 e. The number of hydrogen-bond acceptors (Lipinski definition) is 6. The molecule has 1 N–H and O–H groups in total. The van der Waals surface area contributed by atoms with Crippen LogP contribution in [0.25, 0.3) is 0 Å². The Morgan fingerprint density at radius 1 is 1.40 bits per heavy atom. The van der Waals surface area contributed by atoms with Crippen LogP contribution in [-0.4, -0.2) is 35.4 Å². The number of carbonyl (C=O) groups excluding carboxylic acids is 1. The zero-order chi connectivity index (χ0) is 17.6. The van der Waals surface area contributed by atoms with E-state index in [-0.39, 0.29) is 18.2 Å². The van der Waals surface area contributed by atoms with Crippen LogP contribution in [0.4, 0.5) is 4.39 Å². The van der Waals surface area contributed by atoms with Gasteiger partial charge < -0.3 is 19.3 Å². The normalized spacial score (nSPS) is 16.4. The summed E-state index contributed by atoms with van der Waals surface area (Å²) < 4.78 is 29.3. The molecule has 1 aromatic heterocycles. The molecule has 1 aliphatic heterocycles. The van der Waals surface area contributed by atoms with Gasteiger partial charge in [-0.1, -0.05) is 17.3 Å². The first kappa shape index (κ1) is 17.3. The van der Waals surface area contributed by atoms with Gasteiger partial charge in [0.25, 0.3) is 5.91 Å². The molecule has 0 saturated carbocycles. The highest BCUT2D eigenvalue weighted by Crippen LogP contribution is 2.24. The highest BCUT2D eigenvalue weighted by atomic mass is 19.1.